The number of halogens is 3. The second kappa shape index (κ2) is 8.52. The van der Waals surface area contributed by atoms with Crippen LogP contribution >= 0.6 is 34.8 Å². The van der Waals surface area contributed by atoms with Crippen molar-refractivity contribution < 1.29 is 18.3 Å². The van der Waals surface area contributed by atoms with E-state index in [1.54, 1.807) is 7.05 Å². The van der Waals surface area contributed by atoms with Gasteiger partial charge in [-0.25, -0.2) is 8.42 Å². The number of carbonyl (C=O) groups excluding carboxylic acids is 1. The van der Waals surface area contributed by atoms with E-state index in [0.717, 1.165) is 23.4 Å². The molecule has 0 heterocycles. The first-order valence-electron chi connectivity index (χ1n) is 8.08. The van der Waals surface area contributed by atoms with E-state index in [0.29, 0.717) is 12.8 Å². The fourth-order valence-corrected chi connectivity index (χ4v) is 4.59. The van der Waals surface area contributed by atoms with Crippen molar-refractivity contribution in [3.63, 3.8) is 0 Å². The standard InChI is InChI=1S/C16H21Cl3N2O4S/c1-20(13-5-3-4-6-15(13)22)16(23)9-21(26(2,24)25)14-8-11(18)10(17)7-12(14)19/h7-8,13,15,22H,3-6,9H2,1-2H3. The molecule has 0 radical (unpaired) electrons. The van der Waals surface area contributed by atoms with Crippen LogP contribution in [0.2, 0.25) is 15.1 Å². The smallest absolute Gasteiger partial charge is 0.243 e. The lowest BCUT2D eigenvalue weighted by Crippen LogP contribution is -2.50. The Hall–Kier alpha value is -0.730. The van der Waals surface area contributed by atoms with Gasteiger partial charge in [0.05, 0.1) is 39.2 Å². The Morgan fingerprint density at radius 2 is 1.73 bits per heavy atom. The van der Waals surface area contributed by atoms with Gasteiger partial charge >= 0.3 is 0 Å². The molecule has 1 aromatic carbocycles. The lowest BCUT2D eigenvalue weighted by molar-refractivity contribution is -0.133. The fourth-order valence-electron chi connectivity index (χ4n) is 3.05. The molecule has 1 aliphatic rings. The predicted molar refractivity (Wildman–Crippen MR) is 105 cm³/mol. The van der Waals surface area contributed by atoms with Gasteiger partial charge in [-0.05, 0) is 25.0 Å². The van der Waals surface area contributed by atoms with E-state index in [1.165, 1.54) is 17.0 Å². The largest absolute Gasteiger partial charge is 0.391 e. The summed E-state index contributed by atoms with van der Waals surface area (Å²) in [5.74, 6) is -0.441. The Labute approximate surface area is 168 Å². The summed E-state index contributed by atoms with van der Waals surface area (Å²) in [4.78, 5) is 14.1. The summed E-state index contributed by atoms with van der Waals surface area (Å²) in [7, 11) is -2.24. The SMILES string of the molecule is CN(C(=O)CN(c1cc(Cl)c(Cl)cc1Cl)S(C)(=O)=O)C1CCCCC1O. The maximum absolute atomic E-state index is 12.7. The first-order valence-corrected chi connectivity index (χ1v) is 11.1. The quantitative estimate of drug-likeness (QED) is 0.709. The molecule has 1 amide bonds. The summed E-state index contributed by atoms with van der Waals surface area (Å²) in [5.41, 5.74) is 0.0782. The van der Waals surface area contributed by atoms with Gasteiger partial charge in [0.1, 0.15) is 6.54 Å². The van der Waals surface area contributed by atoms with Crippen LogP contribution in [0.3, 0.4) is 0 Å². The van der Waals surface area contributed by atoms with E-state index in [1.807, 2.05) is 0 Å². The number of rotatable bonds is 5. The number of sulfonamides is 1. The van der Waals surface area contributed by atoms with Crippen molar-refractivity contribution in [2.45, 2.75) is 37.8 Å². The summed E-state index contributed by atoms with van der Waals surface area (Å²) in [6, 6.07) is 2.32. The molecule has 6 nitrogen and oxygen atoms in total. The van der Waals surface area contributed by atoms with Crippen molar-refractivity contribution in [1.82, 2.24) is 4.90 Å². The molecule has 1 aromatic rings. The second-order valence-corrected chi connectivity index (χ2v) is 9.54. The average molecular weight is 444 g/mol. The molecule has 10 heteroatoms. The average Bonchev–Trinajstić information content (AvgIpc) is 2.55. The van der Waals surface area contributed by atoms with Gasteiger partial charge in [0, 0.05) is 7.05 Å². The van der Waals surface area contributed by atoms with Crippen LogP contribution in [0, 0.1) is 0 Å². The highest BCUT2D eigenvalue weighted by Gasteiger charge is 2.32. The summed E-state index contributed by atoms with van der Waals surface area (Å²) in [5, 5.41) is 10.5. The van der Waals surface area contributed by atoms with Crippen molar-refractivity contribution >= 4 is 56.4 Å². The van der Waals surface area contributed by atoms with Crippen molar-refractivity contribution in [1.29, 1.82) is 0 Å². The van der Waals surface area contributed by atoms with Gasteiger partial charge in [-0.15, -0.1) is 0 Å². The molecule has 146 valence electrons. The maximum Gasteiger partial charge on any atom is 0.243 e. The lowest BCUT2D eigenvalue weighted by atomic mass is 9.91. The number of aliphatic hydroxyl groups is 1. The zero-order valence-corrected chi connectivity index (χ0v) is 17.5. The molecular formula is C16H21Cl3N2O4S. The van der Waals surface area contributed by atoms with E-state index < -0.39 is 28.6 Å². The van der Waals surface area contributed by atoms with Crippen LogP contribution in [-0.4, -0.2) is 56.3 Å². The highest BCUT2D eigenvalue weighted by atomic mass is 35.5. The van der Waals surface area contributed by atoms with Gasteiger partial charge in [0.25, 0.3) is 0 Å². The molecule has 1 aliphatic carbocycles. The van der Waals surface area contributed by atoms with Crippen LogP contribution in [0.1, 0.15) is 25.7 Å². The Morgan fingerprint density at radius 1 is 1.15 bits per heavy atom. The molecule has 1 N–H and O–H groups in total. The van der Waals surface area contributed by atoms with Crippen molar-refractivity contribution in [2.24, 2.45) is 0 Å². The Morgan fingerprint density at radius 3 is 2.31 bits per heavy atom. The molecule has 1 fully saturated rings. The van der Waals surface area contributed by atoms with Gasteiger partial charge < -0.3 is 10.0 Å². The van der Waals surface area contributed by atoms with Crippen LogP contribution in [-0.2, 0) is 14.8 Å². The molecule has 2 unspecified atom stereocenters. The van der Waals surface area contributed by atoms with Gasteiger partial charge in [-0.2, -0.15) is 0 Å². The van der Waals surface area contributed by atoms with Gasteiger partial charge in [0.15, 0.2) is 0 Å². The maximum atomic E-state index is 12.7. The third kappa shape index (κ3) is 4.95. The number of aliphatic hydroxyl groups excluding tert-OH is 1. The van der Waals surface area contributed by atoms with E-state index >= 15 is 0 Å². The molecule has 0 bridgehead atoms. The van der Waals surface area contributed by atoms with Gasteiger partial charge in [0.2, 0.25) is 15.9 Å². The van der Waals surface area contributed by atoms with Crippen LogP contribution in [0.4, 0.5) is 5.69 Å². The van der Waals surface area contributed by atoms with Crippen LogP contribution in [0.25, 0.3) is 0 Å². The lowest BCUT2D eigenvalue weighted by Gasteiger charge is -2.36. The van der Waals surface area contributed by atoms with Crippen molar-refractivity contribution in [2.75, 3.05) is 24.2 Å². The predicted octanol–water partition coefficient (Wildman–Crippen LogP) is 3.17. The number of hydrogen-bond acceptors (Lipinski definition) is 4. The molecule has 0 aromatic heterocycles. The molecule has 0 saturated heterocycles. The number of anilines is 1. The number of carbonyl (C=O) groups is 1. The van der Waals surface area contributed by atoms with Gasteiger partial charge in [-0.1, -0.05) is 47.6 Å². The van der Waals surface area contributed by atoms with E-state index in [-0.39, 0.29) is 26.8 Å². The molecule has 2 atom stereocenters. The topological polar surface area (TPSA) is 77.9 Å². The molecule has 0 aliphatic heterocycles. The minimum atomic E-state index is -3.81. The Balaban J connectivity index is 2.29. The van der Waals surface area contributed by atoms with Gasteiger partial charge in [-0.3, -0.25) is 9.10 Å². The zero-order chi connectivity index (χ0) is 19.6. The fraction of sp³-hybridized carbons (Fsp3) is 0.562. The first kappa shape index (κ1) is 21.6. The molecule has 1 saturated carbocycles. The normalized spacial score (nSPS) is 20.7. The Bertz CT molecular complexity index is 788. The van der Waals surface area contributed by atoms with E-state index in [2.05, 4.69) is 0 Å². The summed E-state index contributed by atoms with van der Waals surface area (Å²) in [6.07, 6.45) is 3.49. The summed E-state index contributed by atoms with van der Waals surface area (Å²) < 4.78 is 25.4. The van der Waals surface area contributed by atoms with Crippen molar-refractivity contribution in [3.8, 4) is 0 Å². The third-order valence-electron chi connectivity index (χ3n) is 4.52. The van der Waals surface area contributed by atoms with E-state index in [9.17, 15) is 18.3 Å². The highest BCUT2D eigenvalue weighted by Crippen LogP contribution is 2.35. The van der Waals surface area contributed by atoms with E-state index in [4.69, 9.17) is 34.8 Å². The number of amides is 1. The minimum absolute atomic E-state index is 0.0676. The van der Waals surface area contributed by atoms with Crippen LogP contribution < -0.4 is 4.31 Å². The first-order chi connectivity index (χ1) is 12.0. The Kier molecular flexibility index (Phi) is 7.07. The van der Waals surface area contributed by atoms with Crippen LogP contribution in [0.15, 0.2) is 12.1 Å². The van der Waals surface area contributed by atoms with Crippen LogP contribution in [0.5, 0.6) is 0 Å². The zero-order valence-electron chi connectivity index (χ0n) is 14.5. The molecule has 2 rings (SSSR count). The molecule has 26 heavy (non-hydrogen) atoms. The molecular weight excluding hydrogens is 423 g/mol. The summed E-state index contributed by atoms with van der Waals surface area (Å²) in [6.45, 7) is -0.448. The van der Waals surface area contributed by atoms with Crippen molar-refractivity contribution in [3.05, 3.63) is 27.2 Å². The highest BCUT2D eigenvalue weighted by molar-refractivity contribution is 7.92. The number of hydrogen-bond donors (Lipinski definition) is 1. The minimum Gasteiger partial charge on any atom is -0.391 e. The third-order valence-corrected chi connectivity index (χ3v) is 6.67. The number of benzene rings is 1. The summed E-state index contributed by atoms with van der Waals surface area (Å²) >= 11 is 18.0. The number of nitrogens with zero attached hydrogens (tertiary/aromatic N) is 2. The second-order valence-electron chi connectivity index (χ2n) is 6.41. The molecule has 0 spiro atoms. The number of likely N-dealkylation sites (N-methyl/N-ethyl adjacent to an activating group) is 1. The monoisotopic (exact) mass is 442 g/mol.